The molecular weight excluding hydrogens is 416 g/mol. The smallest absolute Gasteiger partial charge is 0.336 e. The van der Waals surface area contributed by atoms with Crippen molar-refractivity contribution in [3.05, 3.63) is 70.1 Å². The van der Waals surface area contributed by atoms with E-state index >= 15 is 0 Å². The maximum atomic E-state index is 13.0. The zero-order chi connectivity index (χ0) is 22.0. The summed E-state index contributed by atoms with van der Waals surface area (Å²) < 4.78 is 38.2. The molecule has 31 heavy (non-hydrogen) atoms. The minimum atomic E-state index is -3.55. The van der Waals surface area contributed by atoms with Crippen LogP contribution in [0.1, 0.15) is 18.1 Å². The summed E-state index contributed by atoms with van der Waals surface area (Å²) in [4.78, 5) is 14.4. The molecule has 1 aliphatic rings. The van der Waals surface area contributed by atoms with Crippen LogP contribution in [0.5, 0.6) is 5.75 Å². The van der Waals surface area contributed by atoms with Gasteiger partial charge in [0.1, 0.15) is 11.3 Å². The largest absolute Gasteiger partial charge is 0.494 e. The lowest BCUT2D eigenvalue weighted by molar-refractivity contribution is 0.182. The van der Waals surface area contributed by atoms with E-state index in [9.17, 15) is 13.2 Å². The zero-order valence-electron chi connectivity index (χ0n) is 17.7. The van der Waals surface area contributed by atoms with Gasteiger partial charge in [-0.05, 0) is 55.3 Å². The van der Waals surface area contributed by atoms with E-state index in [-0.39, 0.29) is 10.5 Å². The van der Waals surface area contributed by atoms with Crippen molar-refractivity contribution in [2.45, 2.75) is 25.3 Å². The predicted molar refractivity (Wildman–Crippen MR) is 119 cm³/mol. The maximum Gasteiger partial charge on any atom is 0.336 e. The fraction of sp³-hybridized carbons (Fsp3) is 0.348. The zero-order valence-corrected chi connectivity index (χ0v) is 18.5. The van der Waals surface area contributed by atoms with Crippen molar-refractivity contribution in [1.82, 2.24) is 9.21 Å². The van der Waals surface area contributed by atoms with Gasteiger partial charge < -0.3 is 9.15 Å². The molecule has 4 rings (SSSR count). The molecule has 0 unspecified atom stereocenters. The van der Waals surface area contributed by atoms with Gasteiger partial charge in [-0.25, -0.2) is 13.2 Å². The number of ether oxygens (including phenoxy) is 1. The number of rotatable bonds is 6. The van der Waals surface area contributed by atoms with E-state index in [2.05, 4.69) is 4.90 Å². The van der Waals surface area contributed by atoms with Gasteiger partial charge in [0.15, 0.2) is 0 Å². The molecule has 1 fully saturated rings. The quantitative estimate of drug-likeness (QED) is 0.546. The SMILES string of the molecule is CCOc1ccc(S(=O)(=O)N2CCN(Cc3cc(=O)oc4cc(C)ccc34)CC2)cc1. The summed E-state index contributed by atoms with van der Waals surface area (Å²) >= 11 is 0. The molecule has 2 aromatic carbocycles. The van der Waals surface area contributed by atoms with Crippen LogP contribution in [0.25, 0.3) is 11.0 Å². The first-order valence-corrected chi connectivity index (χ1v) is 11.8. The Hall–Kier alpha value is -2.68. The minimum absolute atomic E-state index is 0.270. The number of benzene rings is 2. The highest BCUT2D eigenvalue weighted by Gasteiger charge is 2.28. The van der Waals surface area contributed by atoms with Crippen LogP contribution in [-0.2, 0) is 16.6 Å². The van der Waals surface area contributed by atoms with Gasteiger partial charge in [-0.1, -0.05) is 12.1 Å². The van der Waals surface area contributed by atoms with Crippen LogP contribution >= 0.6 is 0 Å². The Morgan fingerprint density at radius 3 is 2.39 bits per heavy atom. The standard InChI is InChI=1S/C23H26N2O5S/c1-3-29-19-5-7-20(8-6-19)31(27,28)25-12-10-24(11-13-25)16-18-15-23(26)30-22-14-17(2)4-9-21(18)22/h4-9,14-15H,3,10-13,16H2,1-2H3. The van der Waals surface area contributed by atoms with E-state index < -0.39 is 10.0 Å². The highest BCUT2D eigenvalue weighted by atomic mass is 32.2. The highest BCUT2D eigenvalue weighted by molar-refractivity contribution is 7.89. The normalized spacial score (nSPS) is 15.9. The number of nitrogens with zero attached hydrogens (tertiary/aromatic N) is 2. The molecule has 1 saturated heterocycles. The molecule has 8 heteroatoms. The van der Waals surface area contributed by atoms with Crippen LogP contribution < -0.4 is 10.4 Å². The molecule has 0 radical (unpaired) electrons. The Balaban J connectivity index is 1.45. The van der Waals surface area contributed by atoms with Crippen molar-refractivity contribution < 1.29 is 17.6 Å². The molecule has 3 aromatic rings. The number of hydrogen-bond donors (Lipinski definition) is 0. The van der Waals surface area contributed by atoms with Crippen LogP contribution in [0.2, 0.25) is 0 Å². The van der Waals surface area contributed by atoms with Gasteiger partial charge in [0, 0.05) is 44.2 Å². The summed E-state index contributed by atoms with van der Waals surface area (Å²) in [5.74, 6) is 0.654. The molecule has 0 spiro atoms. The highest BCUT2D eigenvalue weighted by Crippen LogP contribution is 2.23. The van der Waals surface area contributed by atoms with E-state index in [1.54, 1.807) is 24.3 Å². The van der Waals surface area contributed by atoms with Gasteiger partial charge in [0.2, 0.25) is 10.0 Å². The topological polar surface area (TPSA) is 80.1 Å². The van der Waals surface area contributed by atoms with Crippen molar-refractivity contribution in [2.75, 3.05) is 32.8 Å². The lowest BCUT2D eigenvalue weighted by Crippen LogP contribution is -2.48. The van der Waals surface area contributed by atoms with Crippen molar-refractivity contribution in [3.63, 3.8) is 0 Å². The van der Waals surface area contributed by atoms with Gasteiger partial charge in [-0.15, -0.1) is 0 Å². The van der Waals surface area contributed by atoms with E-state index in [1.165, 1.54) is 10.4 Å². The first-order valence-electron chi connectivity index (χ1n) is 10.4. The lowest BCUT2D eigenvalue weighted by Gasteiger charge is -2.34. The molecular formula is C23H26N2O5S. The third kappa shape index (κ3) is 4.66. The second-order valence-corrected chi connectivity index (χ2v) is 9.61. The van der Waals surface area contributed by atoms with E-state index in [4.69, 9.17) is 9.15 Å². The van der Waals surface area contributed by atoms with Gasteiger partial charge in [0.05, 0.1) is 11.5 Å². The molecule has 164 valence electrons. The molecule has 7 nitrogen and oxygen atoms in total. The first kappa shape index (κ1) is 21.5. The lowest BCUT2D eigenvalue weighted by atomic mass is 10.1. The van der Waals surface area contributed by atoms with E-state index in [1.807, 2.05) is 32.0 Å². The Morgan fingerprint density at radius 1 is 1.00 bits per heavy atom. The Kier molecular flexibility index (Phi) is 6.13. The first-order chi connectivity index (χ1) is 14.9. The van der Waals surface area contributed by atoms with Crippen molar-refractivity contribution in [1.29, 1.82) is 0 Å². The number of hydrogen-bond acceptors (Lipinski definition) is 6. The molecule has 2 heterocycles. The van der Waals surface area contributed by atoms with E-state index in [0.717, 1.165) is 16.5 Å². The van der Waals surface area contributed by atoms with Crippen molar-refractivity contribution >= 4 is 21.0 Å². The molecule has 0 bridgehead atoms. The van der Waals surface area contributed by atoms with Crippen molar-refractivity contribution in [2.24, 2.45) is 0 Å². The summed E-state index contributed by atoms with van der Waals surface area (Å²) in [6.45, 7) is 6.91. The third-order valence-electron chi connectivity index (χ3n) is 5.48. The predicted octanol–water partition coefficient (Wildman–Crippen LogP) is 3.01. The molecule has 0 aliphatic carbocycles. The molecule has 1 aliphatic heterocycles. The average Bonchev–Trinajstić information content (AvgIpc) is 2.74. The summed E-state index contributed by atoms with van der Waals surface area (Å²) in [7, 11) is -3.55. The van der Waals surface area contributed by atoms with Crippen LogP contribution in [0.15, 0.2) is 62.6 Å². The molecule has 0 N–H and O–H groups in total. The Bertz CT molecular complexity index is 1230. The molecule has 0 atom stereocenters. The summed E-state index contributed by atoms with van der Waals surface area (Å²) in [6.07, 6.45) is 0. The second kappa shape index (κ2) is 8.82. The third-order valence-corrected chi connectivity index (χ3v) is 7.40. The summed E-state index contributed by atoms with van der Waals surface area (Å²) in [6, 6.07) is 13.9. The molecule has 1 aromatic heterocycles. The van der Waals surface area contributed by atoms with Crippen LogP contribution in [0, 0.1) is 6.92 Å². The van der Waals surface area contributed by atoms with Crippen LogP contribution in [-0.4, -0.2) is 50.4 Å². The fourth-order valence-corrected chi connectivity index (χ4v) is 5.28. The Labute approximate surface area is 181 Å². The number of fused-ring (bicyclic) bond motifs is 1. The summed E-state index contributed by atoms with van der Waals surface area (Å²) in [5.41, 5.74) is 2.14. The fourth-order valence-electron chi connectivity index (χ4n) is 3.86. The second-order valence-electron chi connectivity index (χ2n) is 7.67. The number of aryl methyl sites for hydroxylation is 1. The van der Waals surface area contributed by atoms with Gasteiger partial charge in [-0.2, -0.15) is 4.31 Å². The van der Waals surface area contributed by atoms with Crippen LogP contribution in [0.4, 0.5) is 0 Å². The number of piperazine rings is 1. The summed E-state index contributed by atoms with van der Waals surface area (Å²) in [5, 5.41) is 0.912. The molecule has 0 saturated carbocycles. The maximum absolute atomic E-state index is 13.0. The van der Waals surface area contributed by atoms with Gasteiger partial charge >= 0.3 is 5.63 Å². The Morgan fingerprint density at radius 2 is 1.71 bits per heavy atom. The van der Waals surface area contributed by atoms with Crippen molar-refractivity contribution in [3.8, 4) is 5.75 Å². The van der Waals surface area contributed by atoms with E-state index in [0.29, 0.717) is 50.7 Å². The minimum Gasteiger partial charge on any atom is -0.494 e. The number of sulfonamides is 1. The molecule has 0 amide bonds. The monoisotopic (exact) mass is 442 g/mol. The average molecular weight is 443 g/mol. The van der Waals surface area contributed by atoms with Crippen LogP contribution in [0.3, 0.4) is 0 Å². The van der Waals surface area contributed by atoms with Gasteiger partial charge in [-0.3, -0.25) is 4.90 Å². The van der Waals surface area contributed by atoms with Gasteiger partial charge in [0.25, 0.3) is 0 Å².